The zero-order chi connectivity index (χ0) is 20.9. The van der Waals surface area contributed by atoms with Crippen molar-refractivity contribution in [1.29, 1.82) is 0 Å². The number of benzene rings is 2. The average Bonchev–Trinajstić information content (AvgIpc) is 3.08. The van der Waals surface area contributed by atoms with Crippen molar-refractivity contribution in [3.05, 3.63) is 70.6 Å². The van der Waals surface area contributed by atoms with Crippen molar-refractivity contribution < 1.29 is 14.3 Å². The second kappa shape index (κ2) is 8.90. The van der Waals surface area contributed by atoms with Gasteiger partial charge in [-0.25, -0.2) is 4.79 Å². The van der Waals surface area contributed by atoms with Crippen LogP contribution in [0, 0.1) is 0 Å². The van der Waals surface area contributed by atoms with E-state index >= 15 is 0 Å². The van der Waals surface area contributed by atoms with Crippen molar-refractivity contribution >= 4 is 22.6 Å². The van der Waals surface area contributed by atoms with Crippen LogP contribution in [-0.2, 0) is 9.53 Å². The smallest absolute Gasteiger partial charge is 0.359 e. The minimum absolute atomic E-state index is 0.0118. The fourth-order valence-electron chi connectivity index (χ4n) is 3.69. The molecular formula is C23H23N3O4. The first-order valence-electron chi connectivity index (χ1n) is 10.2. The fourth-order valence-corrected chi connectivity index (χ4v) is 3.69. The predicted molar refractivity (Wildman–Crippen MR) is 113 cm³/mol. The molecule has 1 aliphatic heterocycles. The molecular weight excluding hydrogens is 382 g/mol. The summed E-state index contributed by atoms with van der Waals surface area (Å²) in [6.07, 6.45) is 4.16. The maximum absolute atomic E-state index is 12.9. The summed E-state index contributed by atoms with van der Waals surface area (Å²) >= 11 is 0. The van der Waals surface area contributed by atoms with Crippen molar-refractivity contribution in [3.63, 3.8) is 0 Å². The number of carbonyl (C=O) groups is 2. The number of amides is 1. The molecule has 0 N–H and O–H groups in total. The first-order valence-corrected chi connectivity index (χ1v) is 10.2. The number of nitrogens with zero attached hydrogens (tertiary/aromatic N) is 3. The first kappa shape index (κ1) is 19.8. The standard InChI is InChI=1S/C23H23N3O4/c27-20(25-14-8-1-2-9-15-25)16-30-23(29)21-18-12-6-7-13-19(18)22(28)26(24-21)17-10-4-3-5-11-17/h3-7,10-13H,1-2,8-9,14-16H2. The highest BCUT2D eigenvalue weighted by Gasteiger charge is 2.21. The molecule has 1 aromatic heterocycles. The molecule has 0 unspecified atom stereocenters. The molecule has 1 saturated heterocycles. The van der Waals surface area contributed by atoms with Gasteiger partial charge in [-0.15, -0.1) is 0 Å². The number of carbonyl (C=O) groups excluding carboxylic acids is 2. The van der Waals surface area contributed by atoms with Crippen LogP contribution < -0.4 is 5.56 Å². The highest BCUT2D eigenvalue weighted by Crippen LogP contribution is 2.16. The number of aromatic nitrogens is 2. The highest BCUT2D eigenvalue weighted by molar-refractivity contribution is 6.02. The number of hydrogen-bond donors (Lipinski definition) is 0. The van der Waals surface area contributed by atoms with Crippen LogP contribution >= 0.6 is 0 Å². The molecule has 0 saturated carbocycles. The number of esters is 1. The Morgan fingerprint density at radius 3 is 2.20 bits per heavy atom. The molecule has 4 rings (SSSR count). The third kappa shape index (κ3) is 4.10. The Balaban J connectivity index is 1.63. The van der Waals surface area contributed by atoms with Gasteiger partial charge in [0.2, 0.25) is 0 Å². The molecule has 1 amide bonds. The summed E-state index contributed by atoms with van der Waals surface area (Å²) in [5, 5.41) is 5.05. The van der Waals surface area contributed by atoms with Crippen LogP contribution in [0.2, 0.25) is 0 Å². The third-order valence-corrected chi connectivity index (χ3v) is 5.28. The number of para-hydroxylation sites is 1. The largest absolute Gasteiger partial charge is 0.451 e. The van der Waals surface area contributed by atoms with Crippen LogP contribution in [0.15, 0.2) is 59.4 Å². The summed E-state index contributed by atoms with van der Waals surface area (Å²) in [5.41, 5.74) is 0.231. The van der Waals surface area contributed by atoms with E-state index in [1.165, 1.54) is 4.68 Å². The molecule has 2 heterocycles. The maximum atomic E-state index is 12.9. The van der Waals surface area contributed by atoms with E-state index in [2.05, 4.69) is 5.10 Å². The Bertz CT molecular complexity index is 1120. The van der Waals surface area contributed by atoms with Gasteiger partial charge < -0.3 is 9.64 Å². The molecule has 7 heteroatoms. The summed E-state index contributed by atoms with van der Waals surface area (Å²) in [7, 11) is 0. The first-order chi connectivity index (χ1) is 14.6. The lowest BCUT2D eigenvalue weighted by Gasteiger charge is -2.20. The van der Waals surface area contributed by atoms with E-state index in [4.69, 9.17) is 4.74 Å². The zero-order valence-corrected chi connectivity index (χ0v) is 16.6. The molecule has 0 radical (unpaired) electrons. The average molecular weight is 405 g/mol. The van der Waals surface area contributed by atoms with Crippen LogP contribution in [0.1, 0.15) is 36.2 Å². The minimum Gasteiger partial charge on any atom is -0.451 e. The Morgan fingerprint density at radius 1 is 0.867 bits per heavy atom. The molecule has 154 valence electrons. The SMILES string of the molecule is O=C(OCC(=O)N1CCCCCC1)c1nn(-c2ccccc2)c(=O)c2ccccc12. The van der Waals surface area contributed by atoms with Gasteiger partial charge in [0.05, 0.1) is 11.1 Å². The van der Waals surface area contributed by atoms with E-state index in [1.54, 1.807) is 53.4 Å². The monoisotopic (exact) mass is 405 g/mol. The topological polar surface area (TPSA) is 81.5 Å². The lowest BCUT2D eigenvalue weighted by molar-refractivity contribution is -0.134. The van der Waals surface area contributed by atoms with E-state index in [1.807, 2.05) is 6.07 Å². The van der Waals surface area contributed by atoms with Crippen LogP contribution in [0.4, 0.5) is 0 Å². The third-order valence-electron chi connectivity index (χ3n) is 5.28. The molecule has 7 nitrogen and oxygen atoms in total. The molecule has 30 heavy (non-hydrogen) atoms. The number of fused-ring (bicyclic) bond motifs is 1. The second-order valence-electron chi connectivity index (χ2n) is 7.32. The molecule has 0 bridgehead atoms. The van der Waals surface area contributed by atoms with Gasteiger partial charge in [-0.2, -0.15) is 9.78 Å². The fraction of sp³-hybridized carbons (Fsp3) is 0.304. The lowest BCUT2D eigenvalue weighted by atomic mass is 10.1. The molecule has 0 atom stereocenters. The number of rotatable bonds is 4. The van der Waals surface area contributed by atoms with Gasteiger partial charge in [-0.3, -0.25) is 9.59 Å². The molecule has 1 fully saturated rings. The number of ether oxygens (including phenoxy) is 1. The Kier molecular flexibility index (Phi) is 5.88. The normalized spacial score (nSPS) is 14.3. The lowest BCUT2D eigenvalue weighted by Crippen LogP contribution is -2.35. The highest BCUT2D eigenvalue weighted by atomic mass is 16.5. The van der Waals surface area contributed by atoms with Gasteiger partial charge >= 0.3 is 5.97 Å². The Hall–Kier alpha value is -3.48. The van der Waals surface area contributed by atoms with Crippen LogP contribution in [0.3, 0.4) is 0 Å². The van der Waals surface area contributed by atoms with Crippen LogP contribution in [-0.4, -0.2) is 46.3 Å². The molecule has 0 spiro atoms. The number of hydrogen-bond acceptors (Lipinski definition) is 5. The summed E-state index contributed by atoms with van der Waals surface area (Å²) in [6, 6.07) is 15.7. The van der Waals surface area contributed by atoms with Gasteiger partial charge in [0, 0.05) is 18.5 Å². The van der Waals surface area contributed by atoms with E-state index in [-0.39, 0.29) is 23.8 Å². The van der Waals surface area contributed by atoms with Crippen molar-refractivity contribution in [2.45, 2.75) is 25.7 Å². The van der Waals surface area contributed by atoms with Crippen molar-refractivity contribution in [1.82, 2.24) is 14.7 Å². The zero-order valence-electron chi connectivity index (χ0n) is 16.6. The summed E-state index contributed by atoms with van der Waals surface area (Å²) in [6.45, 7) is 1.05. The van der Waals surface area contributed by atoms with Crippen molar-refractivity contribution in [2.24, 2.45) is 0 Å². The van der Waals surface area contributed by atoms with Crippen LogP contribution in [0.25, 0.3) is 16.5 Å². The molecule has 1 aliphatic rings. The van der Waals surface area contributed by atoms with E-state index in [0.717, 1.165) is 25.7 Å². The van der Waals surface area contributed by atoms with Gasteiger partial charge in [0.15, 0.2) is 12.3 Å². The quantitative estimate of drug-likeness (QED) is 0.624. The van der Waals surface area contributed by atoms with Gasteiger partial charge in [0.1, 0.15) is 0 Å². The van der Waals surface area contributed by atoms with Gasteiger partial charge in [0.25, 0.3) is 11.5 Å². The summed E-state index contributed by atoms with van der Waals surface area (Å²) in [5.74, 6) is -0.926. The maximum Gasteiger partial charge on any atom is 0.359 e. The van der Waals surface area contributed by atoms with E-state index in [9.17, 15) is 14.4 Å². The van der Waals surface area contributed by atoms with Gasteiger partial charge in [-0.1, -0.05) is 49.2 Å². The summed E-state index contributed by atoms with van der Waals surface area (Å²) < 4.78 is 6.50. The van der Waals surface area contributed by atoms with E-state index in [0.29, 0.717) is 29.5 Å². The molecule has 3 aromatic rings. The molecule has 2 aromatic carbocycles. The van der Waals surface area contributed by atoms with Crippen LogP contribution in [0.5, 0.6) is 0 Å². The Morgan fingerprint density at radius 2 is 1.50 bits per heavy atom. The van der Waals surface area contributed by atoms with Crippen molar-refractivity contribution in [3.8, 4) is 5.69 Å². The minimum atomic E-state index is -0.723. The Labute approximate surface area is 173 Å². The van der Waals surface area contributed by atoms with Gasteiger partial charge in [-0.05, 0) is 31.0 Å². The predicted octanol–water partition coefficient (Wildman–Crippen LogP) is 2.95. The van der Waals surface area contributed by atoms with E-state index < -0.39 is 5.97 Å². The van der Waals surface area contributed by atoms with Crippen molar-refractivity contribution in [2.75, 3.05) is 19.7 Å². The number of likely N-dealkylation sites (tertiary alicyclic amines) is 1. The second-order valence-corrected chi connectivity index (χ2v) is 7.32. The summed E-state index contributed by atoms with van der Waals surface area (Å²) in [4.78, 5) is 39.9. The molecule has 0 aliphatic carbocycles.